The van der Waals surface area contributed by atoms with Gasteiger partial charge in [-0.1, -0.05) is 51.3 Å². The van der Waals surface area contributed by atoms with Gasteiger partial charge < -0.3 is 10.2 Å². The third-order valence-corrected chi connectivity index (χ3v) is 7.62. The predicted molar refractivity (Wildman–Crippen MR) is 107 cm³/mol. The van der Waals surface area contributed by atoms with Gasteiger partial charge >= 0.3 is 0 Å². The van der Waals surface area contributed by atoms with Crippen LogP contribution < -0.4 is 10.2 Å². The Bertz CT molecular complexity index is 620. The Morgan fingerprint density at radius 2 is 1.81 bits per heavy atom. The first-order valence-electron chi connectivity index (χ1n) is 10.7. The second-order valence-electron chi connectivity index (χ2n) is 9.32. The molecular formula is C23H34N2O. The van der Waals surface area contributed by atoms with E-state index >= 15 is 0 Å². The van der Waals surface area contributed by atoms with E-state index in [1.165, 1.54) is 38.5 Å². The third-order valence-electron chi connectivity index (χ3n) is 7.62. The summed E-state index contributed by atoms with van der Waals surface area (Å²) in [4.78, 5) is 15.3. The molecule has 3 fully saturated rings. The maximum absolute atomic E-state index is 13.2. The molecule has 3 heteroatoms. The van der Waals surface area contributed by atoms with Crippen molar-refractivity contribution in [3.8, 4) is 0 Å². The average molecular weight is 355 g/mol. The lowest BCUT2D eigenvalue weighted by molar-refractivity contribution is -0.118. The quantitative estimate of drug-likeness (QED) is 0.826. The van der Waals surface area contributed by atoms with Crippen LogP contribution in [0.5, 0.6) is 0 Å². The zero-order valence-corrected chi connectivity index (χ0v) is 16.4. The topological polar surface area (TPSA) is 32.3 Å². The minimum absolute atomic E-state index is 0.253. The molecule has 0 heterocycles. The largest absolute Gasteiger partial charge is 0.308 e. The number of hydrogen-bond donors (Lipinski definition) is 1. The highest BCUT2D eigenvalue weighted by Gasteiger charge is 2.53. The summed E-state index contributed by atoms with van der Waals surface area (Å²) in [5.74, 6) is 1.83. The van der Waals surface area contributed by atoms with E-state index < -0.39 is 0 Å². The molecular weight excluding hydrogens is 320 g/mol. The molecule has 3 nitrogen and oxygen atoms in total. The Balaban J connectivity index is 1.43. The van der Waals surface area contributed by atoms with E-state index in [2.05, 4.69) is 36.2 Å². The molecule has 4 rings (SSSR count). The zero-order valence-electron chi connectivity index (χ0n) is 16.4. The molecule has 3 saturated carbocycles. The third kappa shape index (κ3) is 3.31. The van der Waals surface area contributed by atoms with Crippen LogP contribution in [0.1, 0.15) is 65.2 Å². The van der Waals surface area contributed by atoms with E-state index in [1.54, 1.807) is 0 Å². The highest BCUT2D eigenvalue weighted by molar-refractivity contribution is 5.95. The Morgan fingerprint density at radius 3 is 2.42 bits per heavy atom. The number of benzene rings is 1. The normalized spacial score (nSPS) is 30.5. The van der Waals surface area contributed by atoms with E-state index in [4.69, 9.17) is 0 Å². The van der Waals surface area contributed by atoms with Gasteiger partial charge in [0.2, 0.25) is 5.91 Å². The van der Waals surface area contributed by atoms with Crippen molar-refractivity contribution < 1.29 is 4.79 Å². The van der Waals surface area contributed by atoms with Gasteiger partial charge in [0.1, 0.15) is 0 Å². The molecule has 1 aromatic carbocycles. The molecule has 3 aliphatic rings. The lowest BCUT2D eigenvalue weighted by Crippen LogP contribution is -2.48. The molecule has 2 bridgehead atoms. The van der Waals surface area contributed by atoms with Gasteiger partial charge in [-0.25, -0.2) is 0 Å². The van der Waals surface area contributed by atoms with E-state index in [-0.39, 0.29) is 5.91 Å². The second-order valence-corrected chi connectivity index (χ2v) is 9.32. The molecule has 1 amide bonds. The van der Waals surface area contributed by atoms with Gasteiger partial charge in [0.15, 0.2) is 0 Å². The molecule has 142 valence electrons. The number of nitrogens with one attached hydrogen (secondary N) is 1. The van der Waals surface area contributed by atoms with Crippen molar-refractivity contribution in [3.63, 3.8) is 0 Å². The summed E-state index contributed by atoms with van der Waals surface area (Å²) in [6.07, 6.45) is 10.0. The molecule has 1 aromatic rings. The highest BCUT2D eigenvalue weighted by Crippen LogP contribution is 2.57. The molecule has 1 N–H and O–H groups in total. The number of anilines is 1. The fraction of sp³-hybridized carbons (Fsp3) is 0.696. The van der Waals surface area contributed by atoms with Crippen LogP contribution in [0.2, 0.25) is 0 Å². The summed E-state index contributed by atoms with van der Waals surface area (Å²) in [5.41, 5.74) is 1.52. The molecule has 0 saturated heterocycles. The molecule has 0 spiro atoms. The van der Waals surface area contributed by atoms with Gasteiger partial charge in [-0.05, 0) is 61.5 Å². The van der Waals surface area contributed by atoms with E-state index in [0.717, 1.165) is 30.4 Å². The van der Waals surface area contributed by atoms with Crippen molar-refractivity contribution in [2.45, 2.75) is 77.3 Å². The molecule has 26 heavy (non-hydrogen) atoms. The lowest BCUT2D eigenvalue weighted by Gasteiger charge is -2.35. The fourth-order valence-corrected chi connectivity index (χ4v) is 6.06. The molecule has 3 unspecified atom stereocenters. The summed E-state index contributed by atoms with van der Waals surface area (Å²) >= 11 is 0. The maximum Gasteiger partial charge on any atom is 0.241 e. The number of amides is 1. The van der Waals surface area contributed by atoms with Gasteiger partial charge in [-0.3, -0.25) is 4.79 Å². The number of rotatable bonds is 5. The number of nitrogens with zero attached hydrogens (tertiary/aromatic N) is 1. The van der Waals surface area contributed by atoms with Crippen molar-refractivity contribution in [1.82, 2.24) is 5.32 Å². The Morgan fingerprint density at radius 1 is 1.08 bits per heavy atom. The number of para-hydroxylation sites is 1. The van der Waals surface area contributed by atoms with Crippen LogP contribution in [0, 0.1) is 17.3 Å². The Kier molecular flexibility index (Phi) is 5.09. The van der Waals surface area contributed by atoms with Crippen LogP contribution in [-0.4, -0.2) is 24.5 Å². The van der Waals surface area contributed by atoms with Crippen LogP contribution in [0.4, 0.5) is 5.69 Å². The second kappa shape index (κ2) is 7.34. The molecule has 0 aromatic heterocycles. The number of fused-ring (bicyclic) bond motifs is 2. The summed E-state index contributed by atoms with van der Waals surface area (Å²) in [6.45, 7) is 5.34. The van der Waals surface area contributed by atoms with Crippen LogP contribution in [0.15, 0.2) is 30.3 Å². The SMILES string of the molecule is CC1(C)C2CCC1C(NCC(=O)N(c1ccccc1)C1CCCCC1)C2. The molecule has 3 aliphatic carbocycles. The lowest BCUT2D eigenvalue weighted by atomic mass is 9.81. The summed E-state index contributed by atoms with van der Waals surface area (Å²) < 4.78 is 0. The van der Waals surface area contributed by atoms with E-state index in [1.807, 2.05) is 18.2 Å². The average Bonchev–Trinajstić information content (AvgIpc) is 3.09. The molecule has 0 aliphatic heterocycles. The summed E-state index contributed by atoms with van der Waals surface area (Å²) in [7, 11) is 0. The Labute approximate surface area is 158 Å². The maximum atomic E-state index is 13.2. The first kappa shape index (κ1) is 18.0. The van der Waals surface area contributed by atoms with Crippen molar-refractivity contribution in [2.75, 3.05) is 11.4 Å². The van der Waals surface area contributed by atoms with Crippen LogP contribution >= 0.6 is 0 Å². The van der Waals surface area contributed by atoms with E-state index in [0.29, 0.717) is 24.0 Å². The number of carbonyl (C=O) groups excluding carboxylic acids is 1. The van der Waals surface area contributed by atoms with Crippen molar-refractivity contribution >= 4 is 11.6 Å². The summed E-state index contributed by atoms with van der Waals surface area (Å²) in [5, 5.41) is 3.67. The smallest absolute Gasteiger partial charge is 0.241 e. The van der Waals surface area contributed by atoms with Crippen molar-refractivity contribution in [2.24, 2.45) is 17.3 Å². The first-order chi connectivity index (χ1) is 12.6. The van der Waals surface area contributed by atoms with E-state index in [9.17, 15) is 4.79 Å². The minimum Gasteiger partial charge on any atom is -0.308 e. The van der Waals surface area contributed by atoms with Crippen LogP contribution in [-0.2, 0) is 4.79 Å². The standard InChI is InChI=1S/C23H34N2O/c1-23(2)17-13-14-20(23)21(15-17)24-16-22(26)25(18-9-5-3-6-10-18)19-11-7-4-8-12-19/h3,5-6,9-10,17,19-21,24H,4,7-8,11-16H2,1-2H3. The van der Waals surface area contributed by atoms with Gasteiger partial charge in [-0.15, -0.1) is 0 Å². The van der Waals surface area contributed by atoms with Crippen LogP contribution in [0.25, 0.3) is 0 Å². The summed E-state index contributed by atoms with van der Waals surface area (Å²) in [6, 6.07) is 11.2. The number of carbonyl (C=O) groups is 1. The number of hydrogen-bond acceptors (Lipinski definition) is 2. The van der Waals surface area contributed by atoms with Gasteiger partial charge in [-0.2, -0.15) is 0 Å². The fourth-order valence-electron chi connectivity index (χ4n) is 6.06. The van der Waals surface area contributed by atoms with Crippen molar-refractivity contribution in [1.29, 1.82) is 0 Å². The highest BCUT2D eigenvalue weighted by atomic mass is 16.2. The first-order valence-corrected chi connectivity index (χ1v) is 10.7. The Hall–Kier alpha value is -1.35. The minimum atomic E-state index is 0.253. The molecule has 0 radical (unpaired) electrons. The van der Waals surface area contributed by atoms with Gasteiger partial charge in [0.05, 0.1) is 6.54 Å². The monoisotopic (exact) mass is 354 g/mol. The van der Waals surface area contributed by atoms with Gasteiger partial charge in [0.25, 0.3) is 0 Å². The van der Waals surface area contributed by atoms with Crippen LogP contribution in [0.3, 0.4) is 0 Å². The van der Waals surface area contributed by atoms with Gasteiger partial charge in [0, 0.05) is 17.8 Å². The predicted octanol–water partition coefficient (Wildman–Crippen LogP) is 4.77. The molecule has 3 atom stereocenters. The van der Waals surface area contributed by atoms with Crippen molar-refractivity contribution in [3.05, 3.63) is 30.3 Å². The zero-order chi connectivity index (χ0) is 18.1.